The molecule has 1 N–H and O–H groups in total. The van der Waals surface area contributed by atoms with E-state index in [1.165, 1.54) is 11.5 Å². The van der Waals surface area contributed by atoms with Crippen LogP contribution in [0.2, 0.25) is 0 Å². The first-order valence-corrected chi connectivity index (χ1v) is 6.46. The summed E-state index contributed by atoms with van der Waals surface area (Å²) in [7, 11) is 0. The summed E-state index contributed by atoms with van der Waals surface area (Å²) in [4.78, 5) is 0. The molecule has 0 atom stereocenters. The number of benzene rings is 1. The van der Waals surface area contributed by atoms with E-state index in [2.05, 4.69) is 0 Å². The molecule has 70 valence electrons. The zero-order valence-electron chi connectivity index (χ0n) is 7.27. The molecule has 1 heterocycles. The first kappa shape index (κ1) is 9.28. The molecule has 1 aliphatic heterocycles. The molecule has 0 radical (unpaired) electrons. The Morgan fingerprint density at radius 1 is 1.23 bits per heavy atom. The Kier molecular flexibility index (Phi) is 3.06. The van der Waals surface area contributed by atoms with Gasteiger partial charge in [0.1, 0.15) is 5.75 Å². The van der Waals surface area contributed by atoms with Crippen molar-refractivity contribution in [2.45, 2.75) is 11.0 Å². The molecule has 3 heteroatoms. The minimum absolute atomic E-state index is 0.440. The Labute approximate surface area is 86.9 Å². The second-order valence-corrected chi connectivity index (χ2v) is 5.92. The first-order valence-electron chi connectivity index (χ1n) is 4.36. The van der Waals surface area contributed by atoms with E-state index >= 15 is 0 Å². The van der Waals surface area contributed by atoms with E-state index in [1.54, 1.807) is 6.07 Å². The van der Waals surface area contributed by atoms with Gasteiger partial charge >= 0.3 is 0 Å². The predicted octanol–water partition coefficient (Wildman–Crippen LogP) is 2.74. The van der Waals surface area contributed by atoms with Gasteiger partial charge in [0.2, 0.25) is 0 Å². The molecule has 0 saturated carbocycles. The number of rotatable bonds is 2. The van der Waals surface area contributed by atoms with E-state index in [9.17, 15) is 5.11 Å². The topological polar surface area (TPSA) is 20.2 Å². The number of thioether (sulfide) groups is 2. The van der Waals surface area contributed by atoms with Crippen molar-refractivity contribution in [1.82, 2.24) is 0 Å². The maximum absolute atomic E-state index is 9.55. The van der Waals surface area contributed by atoms with Crippen molar-refractivity contribution in [2.24, 2.45) is 0 Å². The SMILES string of the molecule is Oc1ccccc1CC1SCCS1. The average Bonchev–Trinajstić information content (AvgIpc) is 2.61. The van der Waals surface area contributed by atoms with Gasteiger partial charge in [-0.3, -0.25) is 0 Å². The van der Waals surface area contributed by atoms with E-state index < -0.39 is 0 Å². The highest BCUT2D eigenvalue weighted by Crippen LogP contribution is 2.35. The Morgan fingerprint density at radius 3 is 2.62 bits per heavy atom. The third-order valence-corrected chi connectivity index (χ3v) is 5.10. The lowest BCUT2D eigenvalue weighted by Gasteiger charge is -2.08. The van der Waals surface area contributed by atoms with Crippen LogP contribution in [0.1, 0.15) is 5.56 Å². The van der Waals surface area contributed by atoms with Crippen LogP contribution in [0.5, 0.6) is 5.75 Å². The zero-order valence-corrected chi connectivity index (χ0v) is 8.90. The van der Waals surface area contributed by atoms with Crippen molar-refractivity contribution in [3.63, 3.8) is 0 Å². The van der Waals surface area contributed by atoms with E-state index in [0.717, 1.165) is 12.0 Å². The fourth-order valence-electron chi connectivity index (χ4n) is 1.39. The zero-order chi connectivity index (χ0) is 9.10. The third kappa shape index (κ3) is 2.35. The molecule has 0 aromatic heterocycles. The van der Waals surface area contributed by atoms with Gasteiger partial charge in [-0.1, -0.05) is 18.2 Å². The van der Waals surface area contributed by atoms with E-state index in [0.29, 0.717) is 10.3 Å². The molecule has 0 aliphatic carbocycles. The molecule has 1 saturated heterocycles. The van der Waals surface area contributed by atoms with Gasteiger partial charge in [0.25, 0.3) is 0 Å². The lowest BCUT2D eigenvalue weighted by Crippen LogP contribution is -1.97. The lowest BCUT2D eigenvalue weighted by molar-refractivity contribution is 0.469. The number of hydrogen-bond donors (Lipinski definition) is 1. The Balaban J connectivity index is 2.04. The number of hydrogen-bond acceptors (Lipinski definition) is 3. The van der Waals surface area contributed by atoms with Crippen LogP contribution < -0.4 is 0 Å². The van der Waals surface area contributed by atoms with Crippen LogP contribution in [0.25, 0.3) is 0 Å². The Morgan fingerprint density at radius 2 is 1.92 bits per heavy atom. The second-order valence-electron chi connectivity index (χ2n) is 3.00. The van der Waals surface area contributed by atoms with Gasteiger partial charge in [-0.15, -0.1) is 23.5 Å². The summed E-state index contributed by atoms with van der Waals surface area (Å²) < 4.78 is 0.647. The van der Waals surface area contributed by atoms with Crippen LogP contribution in [0.4, 0.5) is 0 Å². The highest BCUT2D eigenvalue weighted by Gasteiger charge is 2.17. The monoisotopic (exact) mass is 212 g/mol. The molecular weight excluding hydrogens is 200 g/mol. The van der Waals surface area contributed by atoms with Gasteiger partial charge in [-0.2, -0.15) is 0 Å². The van der Waals surface area contributed by atoms with E-state index in [4.69, 9.17) is 0 Å². The van der Waals surface area contributed by atoms with Crippen molar-refractivity contribution in [3.05, 3.63) is 29.8 Å². The minimum Gasteiger partial charge on any atom is -0.508 e. The minimum atomic E-state index is 0.440. The molecular formula is C10H12OS2. The maximum Gasteiger partial charge on any atom is 0.118 e. The van der Waals surface area contributed by atoms with E-state index in [-0.39, 0.29) is 0 Å². The van der Waals surface area contributed by atoms with Crippen LogP contribution in [-0.2, 0) is 6.42 Å². The highest BCUT2D eigenvalue weighted by molar-refractivity contribution is 8.20. The Hall–Kier alpha value is -0.280. The van der Waals surface area contributed by atoms with Crippen molar-refractivity contribution >= 4 is 23.5 Å². The smallest absolute Gasteiger partial charge is 0.118 e. The predicted molar refractivity (Wildman–Crippen MR) is 60.5 cm³/mol. The number of aromatic hydroxyl groups is 1. The highest BCUT2D eigenvalue weighted by atomic mass is 32.2. The van der Waals surface area contributed by atoms with Crippen molar-refractivity contribution < 1.29 is 5.11 Å². The molecule has 0 bridgehead atoms. The largest absolute Gasteiger partial charge is 0.508 e. The standard InChI is InChI=1S/C10H12OS2/c11-9-4-2-1-3-8(9)7-10-12-5-6-13-10/h1-4,10-11H,5-7H2. The lowest BCUT2D eigenvalue weighted by atomic mass is 10.1. The average molecular weight is 212 g/mol. The van der Waals surface area contributed by atoms with Crippen LogP contribution in [0.3, 0.4) is 0 Å². The summed E-state index contributed by atoms with van der Waals surface area (Å²) in [6.07, 6.45) is 0.988. The van der Waals surface area contributed by atoms with Gasteiger partial charge in [0.15, 0.2) is 0 Å². The summed E-state index contributed by atoms with van der Waals surface area (Å²) in [5.74, 6) is 2.95. The fraction of sp³-hybridized carbons (Fsp3) is 0.400. The molecule has 0 unspecified atom stereocenters. The van der Waals surface area contributed by atoms with Crippen molar-refractivity contribution in [1.29, 1.82) is 0 Å². The molecule has 1 aromatic carbocycles. The van der Waals surface area contributed by atoms with Crippen LogP contribution in [0.15, 0.2) is 24.3 Å². The molecule has 0 amide bonds. The van der Waals surface area contributed by atoms with Gasteiger partial charge in [-0.25, -0.2) is 0 Å². The molecule has 2 rings (SSSR count). The summed E-state index contributed by atoms with van der Waals surface area (Å²) in [6, 6.07) is 7.63. The van der Waals surface area contributed by atoms with Gasteiger partial charge in [0.05, 0.1) is 4.58 Å². The quantitative estimate of drug-likeness (QED) is 0.814. The maximum atomic E-state index is 9.55. The van der Waals surface area contributed by atoms with E-state index in [1.807, 2.05) is 41.7 Å². The number of para-hydroxylation sites is 1. The molecule has 1 nitrogen and oxygen atoms in total. The second kappa shape index (κ2) is 4.29. The first-order chi connectivity index (χ1) is 6.36. The summed E-state index contributed by atoms with van der Waals surface area (Å²) in [5, 5.41) is 9.55. The van der Waals surface area contributed by atoms with Crippen molar-refractivity contribution in [2.75, 3.05) is 11.5 Å². The Bertz CT molecular complexity index is 282. The van der Waals surface area contributed by atoms with Gasteiger partial charge < -0.3 is 5.11 Å². The van der Waals surface area contributed by atoms with Gasteiger partial charge in [0, 0.05) is 11.5 Å². The molecule has 13 heavy (non-hydrogen) atoms. The number of phenolic OH excluding ortho intramolecular Hbond substituents is 1. The number of phenols is 1. The van der Waals surface area contributed by atoms with Crippen LogP contribution in [-0.4, -0.2) is 21.2 Å². The van der Waals surface area contributed by atoms with Gasteiger partial charge in [-0.05, 0) is 18.1 Å². The molecule has 1 fully saturated rings. The summed E-state index contributed by atoms with van der Waals surface area (Å²) in [6.45, 7) is 0. The normalized spacial score (nSPS) is 17.8. The molecule has 0 spiro atoms. The third-order valence-electron chi connectivity index (χ3n) is 2.07. The molecule has 1 aromatic rings. The van der Waals surface area contributed by atoms with Crippen LogP contribution >= 0.6 is 23.5 Å². The van der Waals surface area contributed by atoms with Crippen molar-refractivity contribution in [3.8, 4) is 5.75 Å². The summed E-state index contributed by atoms with van der Waals surface area (Å²) >= 11 is 4.00. The summed E-state index contributed by atoms with van der Waals surface area (Å²) in [5.41, 5.74) is 1.08. The fourth-order valence-corrected chi connectivity index (χ4v) is 4.24. The molecule has 1 aliphatic rings. The van der Waals surface area contributed by atoms with Crippen LogP contribution in [0, 0.1) is 0 Å².